The molecule has 0 radical (unpaired) electrons. The normalized spacial score (nSPS) is 8.62. The zero-order valence-corrected chi connectivity index (χ0v) is 7.95. The molecule has 0 saturated heterocycles. The van der Waals surface area contributed by atoms with Crippen LogP contribution in [0.5, 0.6) is 0 Å². The predicted molar refractivity (Wildman–Crippen MR) is 31.4 cm³/mol. The molecule has 2 heteroatoms. The third-order valence-electron chi connectivity index (χ3n) is 0.615. The van der Waals surface area contributed by atoms with E-state index < -0.39 is 0 Å². The summed E-state index contributed by atoms with van der Waals surface area (Å²) in [6, 6.07) is 0. The van der Waals surface area contributed by atoms with E-state index in [0.717, 1.165) is 17.1 Å². The molecule has 0 aliphatic carbocycles. The van der Waals surface area contributed by atoms with Crippen molar-refractivity contribution in [3.05, 3.63) is 12.7 Å². The summed E-state index contributed by atoms with van der Waals surface area (Å²) >= 11 is 1.35. The van der Waals surface area contributed by atoms with E-state index in [9.17, 15) is 0 Å². The van der Waals surface area contributed by atoms with Gasteiger partial charge in [0.25, 0.3) is 0 Å². The second-order valence-corrected chi connectivity index (χ2v) is 2.82. The Kier molecular flexibility index (Phi) is 5.57. The molecule has 46 valence electrons. The molecule has 0 amide bonds. The quantitative estimate of drug-likeness (QED) is 0.754. The Balaban J connectivity index is 3.11. The summed E-state index contributed by atoms with van der Waals surface area (Å²) in [6.07, 6.45) is 2.83. The van der Waals surface area contributed by atoms with Crippen LogP contribution in [0.15, 0.2) is 12.7 Å². The molecule has 0 atom stereocenters. The first-order valence-electron chi connectivity index (χ1n) is 2.60. The maximum atomic E-state index is 5.18. The minimum absolute atomic E-state index is 0.824. The van der Waals surface area contributed by atoms with Crippen molar-refractivity contribution in [1.29, 1.82) is 0 Å². The molecule has 0 fully saturated rings. The van der Waals surface area contributed by atoms with Crippen LogP contribution in [0, 0.1) is 0 Å². The average molecular weight is 282 g/mol. The molecule has 1 nitrogen and oxygen atoms in total. The van der Waals surface area contributed by atoms with Gasteiger partial charge in [-0.15, -0.1) is 0 Å². The maximum absolute atomic E-state index is 5.18. The molecule has 0 heterocycles. The molecule has 0 rings (SSSR count). The van der Waals surface area contributed by atoms with Crippen molar-refractivity contribution < 1.29 is 24.1 Å². The Morgan fingerprint density at radius 3 is 2.88 bits per heavy atom. The topological polar surface area (TPSA) is 9.23 Å². The van der Waals surface area contributed by atoms with E-state index in [0.29, 0.717) is 0 Å². The number of ether oxygens (including phenoxy) is 1. The van der Waals surface area contributed by atoms with Gasteiger partial charge in [-0.25, -0.2) is 0 Å². The summed E-state index contributed by atoms with van der Waals surface area (Å²) in [5.74, 6) is 0. The number of rotatable bonds is 4. The summed E-state index contributed by atoms with van der Waals surface area (Å²) in [6.45, 7) is 6.49. The van der Waals surface area contributed by atoms with E-state index in [1.165, 1.54) is 19.4 Å². The van der Waals surface area contributed by atoms with Crippen LogP contribution in [0.4, 0.5) is 0 Å². The molecular formula is C6H10OW. The van der Waals surface area contributed by atoms with E-state index in [1.807, 2.05) is 0 Å². The van der Waals surface area contributed by atoms with Gasteiger partial charge in [0.15, 0.2) is 0 Å². The van der Waals surface area contributed by atoms with Gasteiger partial charge >= 0.3 is 60.8 Å². The Morgan fingerprint density at radius 2 is 2.50 bits per heavy atom. The molecule has 0 bridgehead atoms. The van der Waals surface area contributed by atoms with Gasteiger partial charge in [0.2, 0.25) is 0 Å². The van der Waals surface area contributed by atoms with Gasteiger partial charge in [0, 0.05) is 0 Å². The fourth-order valence-electron chi connectivity index (χ4n) is 0.262. The van der Waals surface area contributed by atoms with E-state index in [4.69, 9.17) is 4.74 Å². The van der Waals surface area contributed by atoms with Crippen LogP contribution < -0.4 is 0 Å². The minimum atomic E-state index is 0.824. The van der Waals surface area contributed by atoms with Gasteiger partial charge in [-0.1, -0.05) is 0 Å². The van der Waals surface area contributed by atoms with Crippen molar-refractivity contribution in [2.75, 3.05) is 6.61 Å². The van der Waals surface area contributed by atoms with Gasteiger partial charge in [-0.3, -0.25) is 0 Å². The molecule has 0 aliphatic rings. The molecule has 0 aromatic heterocycles. The number of hydrogen-bond acceptors (Lipinski definition) is 1. The van der Waals surface area contributed by atoms with Crippen LogP contribution in [-0.4, -0.2) is 10.7 Å². The summed E-state index contributed by atoms with van der Waals surface area (Å²) in [4.78, 5) is 0. The van der Waals surface area contributed by atoms with Gasteiger partial charge in [0.1, 0.15) is 0 Å². The van der Waals surface area contributed by atoms with Gasteiger partial charge < -0.3 is 0 Å². The first-order chi connectivity index (χ1) is 3.81. The predicted octanol–water partition coefficient (Wildman–Crippen LogP) is 1.28. The van der Waals surface area contributed by atoms with Crippen molar-refractivity contribution >= 4 is 4.08 Å². The van der Waals surface area contributed by atoms with Crippen LogP contribution >= 0.6 is 0 Å². The van der Waals surface area contributed by atoms with E-state index in [2.05, 4.69) is 13.5 Å². The SMILES string of the molecule is C=C[C](=[W])OCCC. The first-order valence-corrected chi connectivity index (χ1v) is 4.07. The molecule has 0 N–H and O–H groups in total. The second kappa shape index (κ2) is 5.40. The molecular weight excluding hydrogens is 272 g/mol. The standard InChI is InChI=1S/C6H10O.W/c1-3-5-7-6-4-2;/h3H,1,4,6H2,2H3;. The second-order valence-electron chi connectivity index (χ2n) is 1.37. The molecule has 0 unspecified atom stereocenters. The van der Waals surface area contributed by atoms with Crippen LogP contribution in [0.25, 0.3) is 0 Å². The number of hydrogen-bond donors (Lipinski definition) is 0. The Bertz CT molecular complexity index is 88.5. The van der Waals surface area contributed by atoms with Crippen LogP contribution in [0.1, 0.15) is 13.3 Å². The molecule has 0 aliphatic heterocycles. The molecule has 0 saturated carbocycles. The van der Waals surface area contributed by atoms with E-state index in [-0.39, 0.29) is 0 Å². The fourth-order valence-corrected chi connectivity index (χ4v) is 0.561. The van der Waals surface area contributed by atoms with Gasteiger partial charge in [0.05, 0.1) is 0 Å². The molecule has 8 heavy (non-hydrogen) atoms. The van der Waals surface area contributed by atoms with Crippen molar-refractivity contribution in [3.63, 3.8) is 0 Å². The Hall–Kier alpha value is 0.258. The summed E-state index contributed by atoms with van der Waals surface area (Å²) in [5.41, 5.74) is 0. The fraction of sp³-hybridized carbons (Fsp3) is 0.500. The van der Waals surface area contributed by atoms with E-state index in [1.54, 1.807) is 6.08 Å². The molecule has 0 spiro atoms. The Morgan fingerprint density at radius 1 is 1.88 bits per heavy atom. The summed E-state index contributed by atoms with van der Waals surface area (Å²) in [5, 5.41) is 0. The van der Waals surface area contributed by atoms with Crippen molar-refractivity contribution in [1.82, 2.24) is 0 Å². The summed E-state index contributed by atoms with van der Waals surface area (Å²) in [7, 11) is 0. The zero-order valence-electron chi connectivity index (χ0n) is 5.02. The third kappa shape index (κ3) is 4.42. The third-order valence-corrected chi connectivity index (χ3v) is 1.64. The Labute approximate surface area is 61.1 Å². The van der Waals surface area contributed by atoms with Crippen molar-refractivity contribution in [3.8, 4) is 0 Å². The summed E-state index contributed by atoms with van der Waals surface area (Å²) < 4.78 is 6.17. The average Bonchev–Trinajstić information content (AvgIpc) is 1.83. The zero-order chi connectivity index (χ0) is 6.41. The van der Waals surface area contributed by atoms with Crippen LogP contribution in [0.3, 0.4) is 0 Å². The van der Waals surface area contributed by atoms with Gasteiger partial charge in [-0.05, 0) is 0 Å². The van der Waals surface area contributed by atoms with Gasteiger partial charge in [-0.2, -0.15) is 0 Å². The van der Waals surface area contributed by atoms with Crippen LogP contribution in [0.2, 0.25) is 0 Å². The van der Waals surface area contributed by atoms with E-state index >= 15 is 0 Å². The van der Waals surface area contributed by atoms with Crippen LogP contribution in [-0.2, 0) is 24.1 Å². The van der Waals surface area contributed by atoms with Crippen molar-refractivity contribution in [2.24, 2.45) is 0 Å². The molecule has 0 aromatic rings. The monoisotopic (exact) mass is 282 g/mol. The first kappa shape index (κ1) is 8.26. The molecule has 0 aromatic carbocycles. The van der Waals surface area contributed by atoms with Crippen molar-refractivity contribution in [2.45, 2.75) is 13.3 Å².